The highest BCUT2D eigenvalue weighted by molar-refractivity contribution is 6.31. The average Bonchev–Trinajstić information content (AvgIpc) is 3.12. The van der Waals surface area contributed by atoms with Crippen LogP contribution in [-0.2, 0) is 12.8 Å². The van der Waals surface area contributed by atoms with E-state index in [9.17, 15) is 0 Å². The van der Waals surface area contributed by atoms with E-state index < -0.39 is 0 Å². The van der Waals surface area contributed by atoms with E-state index >= 15 is 0 Å². The van der Waals surface area contributed by atoms with Gasteiger partial charge >= 0.3 is 0 Å². The summed E-state index contributed by atoms with van der Waals surface area (Å²) in [6.45, 7) is 6.82. The van der Waals surface area contributed by atoms with Crippen LogP contribution in [0.5, 0.6) is 0 Å². The first kappa shape index (κ1) is 42.1. The number of aryl methyl sites for hydroxylation is 2. The summed E-state index contributed by atoms with van der Waals surface area (Å²) in [5.74, 6) is 13.7. The third-order valence-corrected chi connectivity index (χ3v) is 9.24. The lowest BCUT2D eigenvalue weighted by Crippen LogP contribution is -2.01. The molecular formula is C47H70N2. The molecule has 0 N–H and O–H groups in total. The number of hydrogen-bond acceptors (Lipinski definition) is 2. The van der Waals surface area contributed by atoms with Gasteiger partial charge in [0.1, 0.15) is 0 Å². The highest BCUT2D eigenvalue weighted by Gasteiger charge is 2.05. The smallest absolute Gasteiger partial charge is 0.0665 e. The number of hydrogen-bond donors (Lipinski definition) is 0. The maximum absolute atomic E-state index is 5.18. The lowest BCUT2D eigenvalue weighted by atomic mass is 10.1. The first-order chi connectivity index (χ1) is 24.3. The molecule has 2 aromatic carbocycles. The molecule has 0 spiro atoms. The number of aliphatic imine (C=N–C) groups is 2. The minimum absolute atomic E-state index is 0.885. The van der Waals surface area contributed by atoms with Crippen molar-refractivity contribution in [3.63, 3.8) is 0 Å². The fourth-order valence-electron chi connectivity index (χ4n) is 6.13. The third kappa shape index (κ3) is 22.3. The molecule has 0 radical (unpaired) electrons. The number of nitrogens with zero attached hydrogens (tertiary/aromatic N) is 2. The van der Waals surface area contributed by atoms with Gasteiger partial charge in [0, 0.05) is 31.9 Å². The van der Waals surface area contributed by atoms with E-state index in [2.05, 4.69) is 93.0 Å². The lowest BCUT2D eigenvalue weighted by Gasteiger charge is -2.07. The molecule has 0 heterocycles. The summed E-state index contributed by atoms with van der Waals surface area (Å²) < 4.78 is 0. The molecule has 0 aromatic heterocycles. The van der Waals surface area contributed by atoms with Crippen LogP contribution in [0, 0.1) is 23.7 Å². The molecule has 2 aromatic rings. The largest absolute Gasteiger partial charge is 0.255 e. The second kappa shape index (κ2) is 30.9. The molecule has 2 nitrogen and oxygen atoms in total. The van der Waals surface area contributed by atoms with E-state index in [1.54, 1.807) is 0 Å². The second-order valence-electron chi connectivity index (χ2n) is 13.7. The lowest BCUT2D eigenvalue weighted by molar-refractivity contribution is 0.579. The monoisotopic (exact) mass is 663 g/mol. The van der Waals surface area contributed by atoms with Crippen LogP contribution < -0.4 is 0 Å². The number of unbranched alkanes of at least 4 members (excludes halogenated alkanes) is 18. The van der Waals surface area contributed by atoms with Gasteiger partial charge in [-0.25, -0.2) is 0 Å². The summed E-state index contributed by atoms with van der Waals surface area (Å²) >= 11 is 0. The first-order valence-corrected chi connectivity index (χ1v) is 20.5. The van der Waals surface area contributed by atoms with E-state index in [4.69, 9.17) is 9.98 Å². The molecular weight excluding hydrogens is 593 g/mol. The highest BCUT2D eigenvalue weighted by atomic mass is 14.8. The van der Waals surface area contributed by atoms with E-state index in [0.29, 0.717) is 0 Å². The van der Waals surface area contributed by atoms with Crippen molar-refractivity contribution >= 4 is 23.3 Å². The van der Waals surface area contributed by atoms with Gasteiger partial charge in [-0.1, -0.05) is 160 Å². The second-order valence-corrected chi connectivity index (χ2v) is 13.7. The van der Waals surface area contributed by atoms with Crippen molar-refractivity contribution in [1.82, 2.24) is 0 Å². The Morgan fingerprint density at radius 3 is 1.41 bits per heavy atom. The van der Waals surface area contributed by atoms with E-state index in [1.807, 2.05) is 6.21 Å². The molecule has 0 saturated carbocycles. The molecule has 0 saturated heterocycles. The van der Waals surface area contributed by atoms with Crippen LogP contribution in [0.2, 0.25) is 0 Å². The fourth-order valence-corrected chi connectivity index (χ4v) is 6.13. The van der Waals surface area contributed by atoms with Crippen LogP contribution in [0.15, 0.2) is 58.5 Å². The Hall–Kier alpha value is -3.10. The van der Waals surface area contributed by atoms with Gasteiger partial charge in [0.15, 0.2) is 0 Å². The Morgan fingerprint density at radius 1 is 0.469 bits per heavy atom. The van der Waals surface area contributed by atoms with Crippen molar-refractivity contribution in [2.45, 2.75) is 188 Å². The molecule has 0 bridgehead atoms. The molecule has 0 unspecified atom stereocenters. The van der Waals surface area contributed by atoms with Crippen LogP contribution in [0.3, 0.4) is 0 Å². The van der Waals surface area contributed by atoms with Gasteiger partial charge in [0.05, 0.1) is 17.1 Å². The number of benzene rings is 2. The zero-order chi connectivity index (χ0) is 34.9. The molecule has 0 aliphatic rings. The molecule has 2 rings (SSSR count). The summed E-state index contributed by atoms with van der Waals surface area (Å²) in [7, 11) is 0. The molecule has 0 amide bonds. The van der Waals surface area contributed by atoms with Gasteiger partial charge < -0.3 is 0 Å². The van der Waals surface area contributed by atoms with E-state index in [-0.39, 0.29) is 0 Å². The Bertz CT molecular complexity index is 1280. The predicted molar refractivity (Wildman–Crippen MR) is 219 cm³/mol. The normalized spacial score (nSPS) is 11.4. The maximum atomic E-state index is 5.18. The van der Waals surface area contributed by atoms with Gasteiger partial charge in [0.25, 0.3) is 0 Å². The highest BCUT2D eigenvalue weighted by Crippen LogP contribution is 2.23. The van der Waals surface area contributed by atoms with Crippen molar-refractivity contribution in [2.24, 2.45) is 9.98 Å². The minimum atomic E-state index is 0.885. The van der Waals surface area contributed by atoms with Crippen LogP contribution in [0.25, 0.3) is 0 Å². The van der Waals surface area contributed by atoms with Crippen LogP contribution in [0.1, 0.15) is 186 Å². The summed E-state index contributed by atoms with van der Waals surface area (Å²) in [5, 5.41) is 0. The molecule has 0 aliphatic heterocycles. The molecule has 0 aliphatic carbocycles. The maximum Gasteiger partial charge on any atom is 0.0665 e. The zero-order valence-electron chi connectivity index (χ0n) is 32.0. The zero-order valence-corrected chi connectivity index (χ0v) is 32.0. The molecule has 268 valence electrons. The number of rotatable bonds is 27. The molecule has 2 heteroatoms. The SMILES string of the molecule is CCCCCCCCCCC#CCCc1ccccc1N=CC(CCCCC)=Nc1ccccc1CCC#CCCCCCCCCCC. The number of para-hydroxylation sites is 2. The quantitative estimate of drug-likeness (QED) is 0.0517. The summed E-state index contributed by atoms with van der Waals surface area (Å²) in [6, 6.07) is 17.1. The van der Waals surface area contributed by atoms with Crippen LogP contribution in [0.4, 0.5) is 11.4 Å². The summed E-state index contributed by atoms with van der Waals surface area (Å²) in [5.41, 5.74) is 5.69. The Balaban J connectivity index is 1.91. The Morgan fingerprint density at radius 2 is 0.878 bits per heavy atom. The Labute approximate surface area is 303 Å². The molecule has 49 heavy (non-hydrogen) atoms. The van der Waals surface area contributed by atoms with E-state index in [1.165, 1.54) is 127 Å². The van der Waals surface area contributed by atoms with Crippen molar-refractivity contribution in [1.29, 1.82) is 0 Å². The van der Waals surface area contributed by atoms with Gasteiger partial charge in [0.2, 0.25) is 0 Å². The van der Waals surface area contributed by atoms with Gasteiger partial charge in [-0.2, -0.15) is 0 Å². The first-order valence-electron chi connectivity index (χ1n) is 20.5. The summed E-state index contributed by atoms with van der Waals surface area (Å²) in [4.78, 5) is 10.2. The molecule has 0 atom stereocenters. The Kier molecular flexibility index (Phi) is 26.5. The van der Waals surface area contributed by atoms with Gasteiger partial charge in [-0.15, -0.1) is 23.7 Å². The van der Waals surface area contributed by atoms with E-state index in [0.717, 1.165) is 68.5 Å². The third-order valence-electron chi connectivity index (χ3n) is 9.24. The van der Waals surface area contributed by atoms with Crippen molar-refractivity contribution < 1.29 is 0 Å². The van der Waals surface area contributed by atoms with Gasteiger partial charge in [-0.3, -0.25) is 9.98 Å². The topological polar surface area (TPSA) is 24.7 Å². The molecule has 0 fully saturated rings. The average molecular weight is 663 g/mol. The van der Waals surface area contributed by atoms with Crippen LogP contribution >= 0.6 is 0 Å². The van der Waals surface area contributed by atoms with Crippen LogP contribution in [-0.4, -0.2) is 11.9 Å². The van der Waals surface area contributed by atoms with Crippen molar-refractivity contribution in [3.05, 3.63) is 59.7 Å². The predicted octanol–water partition coefficient (Wildman–Crippen LogP) is 14.7. The fraction of sp³-hybridized carbons (Fsp3) is 0.617. The van der Waals surface area contributed by atoms with Crippen molar-refractivity contribution in [3.8, 4) is 23.7 Å². The standard InChI is InChI=1S/C47H70N2/c1-4-7-10-12-14-16-18-20-22-24-26-29-35-43-37-31-33-40-46(43)48-42-45(39-28-9-6-3)49-47-41-34-32-38-44(47)36-30-27-25-23-21-19-17-15-13-11-8-5-2/h31-34,37-38,40-42H,4-23,28-30,35-36,39H2,1-3H3. The van der Waals surface area contributed by atoms with Crippen molar-refractivity contribution in [2.75, 3.05) is 0 Å². The summed E-state index contributed by atoms with van der Waals surface area (Å²) in [6.07, 6.45) is 33.8. The van der Waals surface area contributed by atoms with Gasteiger partial charge in [-0.05, 0) is 61.8 Å². The minimum Gasteiger partial charge on any atom is -0.255 e.